The van der Waals surface area contributed by atoms with Crippen LogP contribution in [0.15, 0.2) is 41.5 Å². The van der Waals surface area contributed by atoms with Crippen LogP contribution in [0, 0.1) is 13.5 Å². The summed E-state index contributed by atoms with van der Waals surface area (Å²) in [6.45, 7) is 9.85. The summed E-state index contributed by atoms with van der Waals surface area (Å²) in [7, 11) is 1.83. The number of rotatable bonds is 3. The quantitative estimate of drug-likeness (QED) is 0.665. The van der Waals surface area contributed by atoms with Gasteiger partial charge < -0.3 is 5.73 Å². The summed E-state index contributed by atoms with van der Waals surface area (Å²) in [6, 6.07) is 9.22. The summed E-state index contributed by atoms with van der Waals surface area (Å²) in [6.07, 6.45) is 1.75. The van der Waals surface area contributed by atoms with Crippen molar-refractivity contribution in [2.75, 3.05) is 13.1 Å². The van der Waals surface area contributed by atoms with E-state index >= 15 is 0 Å². The minimum absolute atomic E-state index is 0.0178. The number of benzene rings is 2. The lowest BCUT2D eigenvalue weighted by Gasteiger charge is -2.17. The van der Waals surface area contributed by atoms with Crippen LogP contribution < -0.4 is 5.73 Å². The van der Waals surface area contributed by atoms with E-state index in [1.165, 1.54) is 0 Å². The summed E-state index contributed by atoms with van der Waals surface area (Å²) in [4.78, 5) is 20.2. The Morgan fingerprint density at radius 2 is 2.00 bits per heavy atom. The third-order valence-electron chi connectivity index (χ3n) is 5.14. The summed E-state index contributed by atoms with van der Waals surface area (Å²) in [5.74, 6) is -0.0178. The maximum absolute atomic E-state index is 12.2. The van der Waals surface area contributed by atoms with Crippen molar-refractivity contribution in [3.05, 3.63) is 69.7 Å². The van der Waals surface area contributed by atoms with Gasteiger partial charge in [-0.25, -0.2) is 4.85 Å². The average molecular weight is 404 g/mol. The van der Waals surface area contributed by atoms with Gasteiger partial charge in [0.25, 0.3) is 0 Å². The number of aliphatic imine (C=N–C) groups is 1. The fourth-order valence-electron chi connectivity index (χ4n) is 3.62. The summed E-state index contributed by atoms with van der Waals surface area (Å²) in [5.41, 5.74) is 12.5. The molecule has 0 radical (unpaired) electrons. The van der Waals surface area contributed by atoms with Gasteiger partial charge in [0.15, 0.2) is 11.5 Å². The standard InChI is InChI=1S/C22H18ClN5O/c1-12-6-19(25-2)16(8-18(12)23)22-17(10-27-28(22)3)13-4-5-14-15(7-13)20(9-24)26-11-21(14)29/h4-8,10H,9,11,24H2,1,3H3. The van der Waals surface area contributed by atoms with Crippen LogP contribution in [-0.2, 0) is 7.05 Å². The predicted molar refractivity (Wildman–Crippen MR) is 115 cm³/mol. The number of hydrogen-bond donors (Lipinski definition) is 1. The highest BCUT2D eigenvalue weighted by Crippen LogP contribution is 2.40. The van der Waals surface area contributed by atoms with E-state index in [1.54, 1.807) is 23.0 Å². The number of nitrogens with two attached hydrogens (primary N) is 1. The van der Waals surface area contributed by atoms with Gasteiger partial charge in [0.05, 0.1) is 24.2 Å². The minimum atomic E-state index is -0.0178. The lowest BCUT2D eigenvalue weighted by Crippen LogP contribution is -2.24. The van der Waals surface area contributed by atoms with Crippen LogP contribution in [0.25, 0.3) is 27.2 Å². The first-order valence-corrected chi connectivity index (χ1v) is 9.43. The molecule has 2 aromatic carbocycles. The predicted octanol–water partition coefficient (Wildman–Crippen LogP) is 4.21. The molecule has 3 aromatic rings. The Hall–Kier alpha value is -3.27. The van der Waals surface area contributed by atoms with Crippen molar-refractivity contribution in [2.45, 2.75) is 6.92 Å². The molecule has 0 saturated heterocycles. The van der Waals surface area contributed by atoms with Crippen LogP contribution in [0.5, 0.6) is 0 Å². The number of Topliss-reactive ketones (excluding diaryl/α,β-unsaturated/α-hetero) is 1. The topological polar surface area (TPSA) is 77.6 Å². The van der Waals surface area contributed by atoms with Gasteiger partial charge in [-0.1, -0.05) is 29.8 Å². The Kier molecular flexibility index (Phi) is 4.79. The SMILES string of the molecule is [C-]#[N+]c1cc(C)c(Cl)cc1-c1c(-c2ccc3c(c2)C(CN)=NCC3=O)cnn1C. The Balaban J connectivity index is 1.93. The first-order chi connectivity index (χ1) is 13.9. The third kappa shape index (κ3) is 3.15. The second-order valence-corrected chi connectivity index (χ2v) is 7.32. The Labute approximate surface area is 173 Å². The van der Waals surface area contributed by atoms with E-state index < -0.39 is 0 Å². The van der Waals surface area contributed by atoms with Crippen LogP contribution in [0.2, 0.25) is 5.02 Å². The molecule has 144 valence electrons. The Bertz CT molecular complexity index is 1230. The smallest absolute Gasteiger partial charge is 0.196 e. The Morgan fingerprint density at radius 3 is 2.72 bits per heavy atom. The molecule has 0 amide bonds. The molecule has 0 unspecified atom stereocenters. The molecule has 7 heteroatoms. The molecule has 6 nitrogen and oxygen atoms in total. The number of halogens is 1. The fraction of sp³-hybridized carbons (Fsp3) is 0.182. The number of nitrogens with zero attached hydrogens (tertiary/aromatic N) is 4. The van der Waals surface area contributed by atoms with Crippen LogP contribution in [0.4, 0.5) is 5.69 Å². The van der Waals surface area contributed by atoms with E-state index in [9.17, 15) is 4.79 Å². The van der Waals surface area contributed by atoms with Crippen molar-refractivity contribution in [1.82, 2.24) is 9.78 Å². The zero-order valence-electron chi connectivity index (χ0n) is 16.0. The number of fused-ring (bicyclic) bond motifs is 1. The zero-order valence-corrected chi connectivity index (χ0v) is 16.8. The lowest BCUT2D eigenvalue weighted by atomic mass is 9.91. The van der Waals surface area contributed by atoms with E-state index in [0.29, 0.717) is 27.5 Å². The molecular weight excluding hydrogens is 386 g/mol. The summed E-state index contributed by atoms with van der Waals surface area (Å²) >= 11 is 6.36. The first-order valence-electron chi connectivity index (χ1n) is 9.06. The third-order valence-corrected chi connectivity index (χ3v) is 5.55. The highest BCUT2D eigenvalue weighted by Gasteiger charge is 2.23. The first kappa shape index (κ1) is 19.1. The molecule has 29 heavy (non-hydrogen) atoms. The van der Waals surface area contributed by atoms with Crippen molar-refractivity contribution < 1.29 is 4.79 Å². The molecule has 0 spiro atoms. The van der Waals surface area contributed by atoms with E-state index in [1.807, 2.05) is 32.2 Å². The van der Waals surface area contributed by atoms with Crippen LogP contribution in [-0.4, -0.2) is 34.4 Å². The van der Waals surface area contributed by atoms with E-state index in [4.69, 9.17) is 23.9 Å². The second-order valence-electron chi connectivity index (χ2n) is 6.91. The molecular formula is C22H18ClN5O. The molecule has 0 atom stereocenters. The van der Waals surface area contributed by atoms with Crippen molar-refractivity contribution >= 4 is 28.8 Å². The van der Waals surface area contributed by atoms with Crippen molar-refractivity contribution in [2.24, 2.45) is 17.8 Å². The van der Waals surface area contributed by atoms with Gasteiger partial charge in [-0.2, -0.15) is 5.10 Å². The van der Waals surface area contributed by atoms with E-state index in [-0.39, 0.29) is 18.9 Å². The molecule has 4 rings (SSSR count). The normalized spacial score (nSPS) is 13.1. The minimum Gasteiger partial charge on any atom is -0.325 e. The largest absolute Gasteiger partial charge is 0.325 e. The van der Waals surface area contributed by atoms with Crippen LogP contribution in [0.3, 0.4) is 0 Å². The molecule has 2 N–H and O–H groups in total. The van der Waals surface area contributed by atoms with Gasteiger partial charge in [0.1, 0.15) is 6.54 Å². The maximum atomic E-state index is 12.2. The number of ketones is 1. The van der Waals surface area contributed by atoms with E-state index in [0.717, 1.165) is 27.9 Å². The van der Waals surface area contributed by atoms with E-state index in [2.05, 4.69) is 14.9 Å². The monoisotopic (exact) mass is 403 g/mol. The Morgan fingerprint density at radius 1 is 1.21 bits per heavy atom. The highest BCUT2D eigenvalue weighted by molar-refractivity contribution is 6.31. The number of aromatic nitrogens is 2. The van der Waals surface area contributed by atoms with Crippen LogP contribution in [0.1, 0.15) is 21.5 Å². The average Bonchev–Trinajstić information content (AvgIpc) is 3.11. The number of aryl methyl sites for hydroxylation is 2. The van der Waals surface area contributed by atoms with Gasteiger partial charge in [-0.15, -0.1) is 0 Å². The molecule has 0 bridgehead atoms. The number of hydrogen-bond acceptors (Lipinski definition) is 4. The molecule has 0 aliphatic carbocycles. The fourth-order valence-corrected chi connectivity index (χ4v) is 3.79. The number of carbonyl (C=O) groups is 1. The summed E-state index contributed by atoms with van der Waals surface area (Å²) < 4.78 is 1.73. The molecule has 0 fully saturated rings. The molecule has 1 aliphatic rings. The summed E-state index contributed by atoms with van der Waals surface area (Å²) in [5, 5.41) is 5.00. The van der Waals surface area contributed by atoms with Gasteiger partial charge in [0.2, 0.25) is 0 Å². The van der Waals surface area contributed by atoms with Crippen molar-refractivity contribution in [3.63, 3.8) is 0 Å². The molecule has 1 aliphatic heterocycles. The van der Waals surface area contributed by atoms with Crippen molar-refractivity contribution in [1.29, 1.82) is 0 Å². The lowest BCUT2D eigenvalue weighted by molar-refractivity contribution is 0.1000. The van der Waals surface area contributed by atoms with Crippen LogP contribution >= 0.6 is 11.6 Å². The number of carbonyl (C=O) groups excluding carboxylic acids is 1. The molecule has 2 heterocycles. The zero-order chi connectivity index (χ0) is 20.7. The highest BCUT2D eigenvalue weighted by atomic mass is 35.5. The van der Waals surface area contributed by atoms with Gasteiger partial charge in [-0.3, -0.25) is 14.5 Å². The van der Waals surface area contributed by atoms with Crippen molar-refractivity contribution in [3.8, 4) is 22.4 Å². The maximum Gasteiger partial charge on any atom is 0.196 e. The second kappa shape index (κ2) is 7.28. The van der Waals surface area contributed by atoms with Gasteiger partial charge >= 0.3 is 0 Å². The molecule has 1 aromatic heterocycles. The van der Waals surface area contributed by atoms with Gasteiger partial charge in [-0.05, 0) is 30.2 Å². The molecule has 0 saturated carbocycles. The van der Waals surface area contributed by atoms with Gasteiger partial charge in [0, 0.05) is 40.9 Å².